The van der Waals surface area contributed by atoms with Gasteiger partial charge in [-0.25, -0.2) is 0 Å². The van der Waals surface area contributed by atoms with Crippen LogP contribution in [0, 0.1) is 0 Å². The van der Waals surface area contributed by atoms with Crippen LogP contribution in [0.1, 0.15) is 19.8 Å². The van der Waals surface area contributed by atoms with Crippen LogP contribution in [-0.2, 0) is 14.4 Å². The van der Waals surface area contributed by atoms with Crippen molar-refractivity contribution in [3.63, 3.8) is 0 Å². The average molecular weight is 213 g/mol. The van der Waals surface area contributed by atoms with E-state index in [9.17, 15) is 14.4 Å². The molecule has 6 nitrogen and oxygen atoms in total. The van der Waals surface area contributed by atoms with Crippen molar-refractivity contribution in [2.45, 2.75) is 25.8 Å². The van der Waals surface area contributed by atoms with Crippen molar-refractivity contribution in [1.29, 1.82) is 0 Å². The number of hydrogen-bond donors (Lipinski definition) is 2. The predicted molar refractivity (Wildman–Crippen MR) is 52.6 cm³/mol. The zero-order valence-electron chi connectivity index (χ0n) is 8.66. The van der Waals surface area contributed by atoms with E-state index in [2.05, 4.69) is 5.32 Å². The molecule has 15 heavy (non-hydrogen) atoms. The number of imide groups is 1. The Morgan fingerprint density at radius 1 is 1.40 bits per heavy atom. The van der Waals surface area contributed by atoms with Crippen molar-refractivity contribution in [2.75, 3.05) is 13.1 Å². The molecule has 0 unspecified atom stereocenters. The number of carbonyl (C=O) groups is 3. The summed E-state index contributed by atoms with van der Waals surface area (Å²) in [6.07, 6.45) is 1.80. The fraction of sp³-hybridized carbons (Fsp3) is 0.667. The van der Waals surface area contributed by atoms with Crippen molar-refractivity contribution in [1.82, 2.24) is 10.2 Å². The standard InChI is InChI=1S/C9H15N3O3/c1-6(13)12(5-4-10)9(15)8(14)11-7-2-3-7/h7H,2-5,10H2,1H3,(H,11,14). The van der Waals surface area contributed by atoms with Gasteiger partial charge in [0.25, 0.3) is 0 Å². The first-order valence-corrected chi connectivity index (χ1v) is 4.89. The highest BCUT2D eigenvalue weighted by Gasteiger charge is 2.30. The summed E-state index contributed by atoms with van der Waals surface area (Å²) in [4.78, 5) is 34.7. The molecule has 0 radical (unpaired) electrons. The molecule has 0 aromatic carbocycles. The molecule has 0 atom stereocenters. The molecule has 3 amide bonds. The fourth-order valence-corrected chi connectivity index (χ4v) is 1.13. The number of carbonyl (C=O) groups excluding carboxylic acids is 3. The molecule has 0 saturated heterocycles. The molecule has 1 fully saturated rings. The minimum atomic E-state index is -0.820. The molecule has 1 aliphatic carbocycles. The Kier molecular flexibility index (Phi) is 3.79. The number of hydrogen-bond acceptors (Lipinski definition) is 4. The maximum Gasteiger partial charge on any atom is 0.318 e. The number of rotatable bonds is 3. The lowest BCUT2D eigenvalue weighted by atomic mass is 10.4. The fourth-order valence-electron chi connectivity index (χ4n) is 1.13. The summed E-state index contributed by atoms with van der Waals surface area (Å²) in [7, 11) is 0. The van der Waals surface area contributed by atoms with Gasteiger partial charge in [-0.3, -0.25) is 19.3 Å². The number of nitrogens with two attached hydrogens (primary N) is 1. The molecular formula is C9H15N3O3. The molecule has 0 heterocycles. The monoisotopic (exact) mass is 213 g/mol. The smallest absolute Gasteiger partial charge is 0.318 e. The highest BCUT2D eigenvalue weighted by Crippen LogP contribution is 2.18. The molecule has 6 heteroatoms. The summed E-state index contributed by atoms with van der Waals surface area (Å²) >= 11 is 0. The van der Waals surface area contributed by atoms with Gasteiger partial charge in [0.15, 0.2) is 0 Å². The summed E-state index contributed by atoms with van der Waals surface area (Å²) in [5, 5.41) is 2.52. The molecule has 0 aromatic rings. The van der Waals surface area contributed by atoms with E-state index in [1.807, 2.05) is 0 Å². The van der Waals surface area contributed by atoms with Crippen LogP contribution in [0.15, 0.2) is 0 Å². The molecule has 1 saturated carbocycles. The Morgan fingerprint density at radius 3 is 2.40 bits per heavy atom. The molecule has 0 aromatic heterocycles. The van der Waals surface area contributed by atoms with Crippen molar-refractivity contribution >= 4 is 17.7 Å². The van der Waals surface area contributed by atoms with Gasteiger partial charge in [-0.2, -0.15) is 0 Å². The van der Waals surface area contributed by atoms with Crippen molar-refractivity contribution < 1.29 is 14.4 Å². The van der Waals surface area contributed by atoms with E-state index in [0.29, 0.717) is 0 Å². The predicted octanol–water partition coefficient (Wildman–Crippen LogP) is -1.40. The van der Waals surface area contributed by atoms with Gasteiger partial charge in [0.1, 0.15) is 0 Å². The molecule has 0 spiro atoms. The lowest BCUT2D eigenvalue weighted by molar-refractivity contribution is -0.151. The highest BCUT2D eigenvalue weighted by molar-refractivity contribution is 6.37. The minimum absolute atomic E-state index is 0.0756. The van der Waals surface area contributed by atoms with Gasteiger partial charge in [0.05, 0.1) is 0 Å². The van der Waals surface area contributed by atoms with E-state index >= 15 is 0 Å². The second-order valence-corrected chi connectivity index (χ2v) is 3.51. The maximum atomic E-state index is 11.5. The van der Waals surface area contributed by atoms with Gasteiger partial charge in [0.2, 0.25) is 5.91 Å². The Labute approximate surface area is 87.8 Å². The van der Waals surface area contributed by atoms with E-state index < -0.39 is 17.7 Å². The second-order valence-electron chi connectivity index (χ2n) is 3.51. The maximum absolute atomic E-state index is 11.5. The molecule has 1 aliphatic rings. The molecule has 0 aliphatic heterocycles. The summed E-state index contributed by atoms with van der Waals surface area (Å²) in [5.41, 5.74) is 5.24. The average Bonchev–Trinajstić information content (AvgIpc) is 2.96. The lowest BCUT2D eigenvalue weighted by Gasteiger charge is -2.17. The quantitative estimate of drug-likeness (QED) is 0.564. The van der Waals surface area contributed by atoms with Gasteiger partial charge >= 0.3 is 11.8 Å². The lowest BCUT2D eigenvalue weighted by Crippen LogP contribution is -2.47. The van der Waals surface area contributed by atoms with Crippen molar-refractivity contribution in [3.05, 3.63) is 0 Å². The van der Waals surface area contributed by atoms with Crippen LogP contribution in [0.5, 0.6) is 0 Å². The minimum Gasteiger partial charge on any atom is -0.345 e. The Bertz CT molecular complexity index is 286. The zero-order chi connectivity index (χ0) is 11.4. The van der Waals surface area contributed by atoms with E-state index in [1.54, 1.807) is 0 Å². The Balaban J connectivity index is 2.53. The molecule has 0 bridgehead atoms. The van der Waals surface area contributed by atoms with Gasteiger partial charge in [-0.05, 0) is 12.8 Å². The topological polar surface area (TPSA) is 92.5 Å². The van der Waals surface area contributed by atoms with E-state index in [0.717, 1.165) is 17.7 Å². The van der Waals surface area contributed by atoms with Crippen LogP contribution in [0.3, 0.4) is 0 Å². The number of nitrogens with zero attached hydrogens (tertiary/aromatic N) is 1. The third-order valence-corrected chi connectivity index (χ3v) is 2.08. The van der Waals surface area contributed by atoms with Gasteiger partial charge in [-0.1, -0.05) is 0 Å². The Morgan fingerprint density at radius 2 is 2.00 bits per heavy atom. The van der Waals surface area contributed by atoms with Crippen LogP contribution in [-0.4, -0.2) is 41.8 Å². The normalized spacial score (nSPS) is 14.5. The van der Waals surface area contributed by atoms with E-state index in [-0.39, 0.29) is 19.1 Å². The van der Waals surface area contributed by atoms with E-state index in [4.69, 9.17) is 5.73 Å². The van der Waals surface area contributed by atoms with Gasteiger partial charge in [0, 0.05) is 26.1 Å². The number of nitrogens with one attached hydrogen (secondary N) is 1. The third-order valence-electron chi connectivity index (χ3n) is 2.08. The summed E-state index contributed by atoms with van der Waals surface area (Å²) in [5.74, 6) is -2.00. The summed E-state index contributed by atoms with van der Waals surface area (Å²) in [6, 6.07) is 0.105. The van der Waals surface area contributed by atoms with Crippen LogP contribution < -0.4 is 11.1 Å². The molecule has 3 N–H and O–H groups in total. The van der Waals surface area contributed by atoms with E-state index in [1.165, 1.54) is 6.92 Å². The molecule has 84 valence electrons. The van der Waals surface area contributed by atoms with Crippen LogP contribution in [0.4, 0.5) is 0 Å². The second kappa shape index (κ2) is 4.88. The SMILES string of the molecule is CC(=O)N(CCN)C(=O)C(=O)NC1CC1. The van der Waals surface area contributed by atoms with Crippen LogP contribution in [0.25, 0.3) is 0 Å². The first-order valence-electron chi connectivity index (χ1n) is 4.89. The van der Waals surface area contributed by atoms with Gasteiger partial charge < -0.3 is 11.1 Å². The van der Waals surface area contributed by atoms with Crippen molar-refractivity contribution in [2.24, 2.45) is 5.73 Å². The zero-order valence-corrected chi connectivity index (χ0v) is 8.66. The summed E-state index contributed by atoms with van der Waals surface area (Å²) < 4.78 is 0. The highest BCUT2D eigenvalue weighted by atomic mass is 16.2. The largest absolute Gasteiger partial charge is 0.345 e. The van der Waals surface area contributed by atoms with Crippen molar-refractivity contribution in [3.8, 4) is 0 Å². The number of amides is 3. The summed E-state index contributed by atoms with van der Waals surface area (Å²) in [6.45, 7) is 1.46. The molecule has 1 rings (SSSR count). The van der Waals surface area contributed by atoms with Crippen LogP contribution >= 0.6 is 0 Å². The molecular weight excluding hydrogens is 198 g/mol. The first kappa shape index (κ1) is 11.6. The van der Waals surface area contributed by atoms with Gasteiger partial charge in [-0.15, -0.1) is 0 Å². The first-order chi connectivity index (χ1) is 7.06. The third kappa shape index (κ3) is 3.32. The Hall–Kier alpha value is -1.43. The van der Waals surface area contributed by atoms with Crippen LogP contribution in [0.2, 0.25) is 0 Å².